The fourth-order valence-corrected chi connectivity index (χ4v) is 2.84. The van der Waals surface area contributed by atoms with Crippen molar-refractivity contribution in [3.8, 4) is 0 Å². The predicted molar refractivity (Wildman–Crippen MR) is 80.6 cm³/mol. The summed E-state index contributed by atoms with van der Waals surface area (Å²) in [6, 6.07) is 8.70. The Hall–Kier alpha value is -2.50. The van der Waals surface area contributed by atoms with Crippen LogP contribution in [-0.4, -0.2) is 6.03 Å². The Morgan fingerprint density at radius 1 is 1.04 bits per heavy atom. The Labute approximate surface area is 131 Å². The van der Waals surface area contributed by atoms with Crippen molar-refractivity contribution < 1.29 is 18.0 Å². The highest BCUT2D eigenvalue weighted by atomic mass is 19.2. The van der Waals surface area contributed by atoms with Crippen LogP contribution in [0.15, 0.2) is 36.4 Å². The normalized spacial score (nSPS) is 16.6. The molecule has 0 spiro atoms. The standard InChI is InChI=1S/C17H15F3N2O/c18-12-8-9-14(16(20)15(12)19)22-17(23)21-13-7-3-5-10-4-1-2-6-11(10)13/h1-2,4,6,8-9,13H,3,5,7H2,(H2,21,22,23). The number of aryl methyl sites for hydroxylation is 1. The molecule has 0 aromatic heterocycles. The van der Waals surface area contributed by atoms with E-state index in [0.717, 1.165) is 37.0 Å². The number of urea groups is 1. The van der Waals surface area contributed by atoms with Gasteiger partial charge < -0.3 is 10.6 Å². The van der Waals surface area contributed by atoms with Gasteiger partial charge in [-0.2, -0.15) is 0 Å². The van der Waals surface area contributed by atoms with Crippen molar-refractivity contribution in [2.75, 3.05) is 5.32 Å². The quantitative estimate of drug-likeness (QED) is 0.796. The first-order chi connectivity index (χ1) is 11.1. The molecule has 1 aliphatic rings. The van der Waals surface area contributed by atoms with Gasteiger partial charge in [0.05, 0.1) is 11.7 Å². The van der Waals surface area contributed by atoms with Crippen LogP contribution in [0.3, 0.4) is 0 Å². The molecule has 0 heterocycles. The molecule has 6 heteroatoms. The Morgan fingerprint density at radius 2 is 1.83 bits per heavy atom. The fraction of sp³-hybridized carbons (Fsp3) is 0.235. The van der Waals surface area contributed by atoms with Crippen LogP contribution in [0.4, 0.5) is 23.7 Å². The first kappa shape index (κ1) is 15.4. The Kier molecular flexibility index (Phi) is 4.23. The monoisotopic (exact) mass is 320 g/mol. The number of amides is 2. The molecule has 0 bridgehead atoms. The summed E-state index contributed by atoms with van der Waals surface area (Å²) in [5.41, 5.74) is 1.80. The molecular formula is C17H15F3N2O. The molecule has 0 aliphatic heterocycles. The lowest BCUT2D eigenvalue weighted by molar-refractivity contribution is 0.247. The van der Waals surface area contributed by atoms with Crippen LogP contribution in [0.2, 0.25) is 0 Å². The van der Waals surface area contributed by atoms with Gasteiger partial charge in [0.25, 0.3) is 0 Å². The summed E-state index contributed by atoms with van der Waals surface area (Å²) >= 11 is 0. The van der Waals surface area contributed by atoms with Crippen LogP contribution in [0.25, 0.3) is 0 Å². The lowest BCUT2D eigenvalue weighted by Crippen LogP contribution is -2.34. The number of nitrogens with one attached hydrogen (secondary N) is 2. The van der Waals surface area contributed by atoms with Crippen LogP contribution in [0, 0.1) is 17.5 Å². The second-order valence-electron chi connectivity index (χ2n) is 5.47. The first-order valence-corrected chi connectivity index (χ1v) is 7.35. The molecule has 0 saturated heterocycles. The maximum atomic E-state index is 13.6. The lowest BCUT2D eigenvalue weighted by atomic mass is 9.88. The molecule has 2 N–H and O–H groups in total. The number of hydrogen-bond acceptors (Lipinski definition) is 1. The van der Waals surface area contributed by atoms with Crippen molar-refractivity contribution in [2.24, 2.45) is 0 Å². The van der Waals surface area contributed by atoms with Crippen molar-refractivity contribution >= 4 is 11.7 Å². The van der Waals surface area contributed by atoms with Crippen LogP contribution in [-0.2, 0) is 6.42 Å². The second-order valence-corrected chi connectivity index (χ2v) is 5.47. The van der Waals surface area contributed by atoms with E-state index in [2.05, 4.69) is 10.6 Å². The zero-order valence-corrected chi connectivity index (χ0v) is 12.2. The SMILES string of the molecule is O=C(Nc1ccc(F)c(F)c1F)NC1CCCc2ccccc21. The van der Waals surface area contributed by atoms with Gasteiger partial charge in [0.1, 0.15) is 0 Å². The van der Waals surface area contributed by atoms with Crippen molar-refractivity contribution in [1.29, 1.82) is 0 Å². The fourth-order valence-electron chi connectivity index (χ4n) is 2.84. The zero-order valence-electron chi connectivity index (χ0n) is 12.2. The van der Waals surface area contributed by atoms with Gasteiger partial charge in [-0.1, -0.05) is 24.3 Å². The molecule has 0 fully saturated rings. The molecule has 2 aromatic carbocycles. The molecule has 23 heavy (non-hydrogen) atoms. The molecule has 3 rings (SSSR count). The highest BCUT2D eigenvalue weighted by Crippen LogP contribution is 2.29. The van der Waals surface area contributed by atoms with Crippen LogP contribution in [0.5, 0.6) is 0 Å². The van der Waals surface area contributed by atoms with Gasteiger partial charge in [0.2, 0.25) is 0 Å². The Bertz CT molecular complexity index is 749. The van der Waals surface area contributed by atoms with E-state index in [1.54, 1.807) is 0 Å². The summed E-state index contributed by atoms with van der Waals surface area (Å²) in [6.45, 7) is 0. The minimum atomic E-state index is -1.61. The summed E-state index contributed by atoms with van der Waals surface area (Å²) in [6.07, 6.45) is 2.65. The van der Waals surface area contributed by atoms with Crippen molar-refractivity contribution in [3.63, 3.8) is 0 Å². The number of anilines is 1. The van der Waals surface area contributed by atoms with Gasteiger partial charge in [-0.05, 0) is 42.5 Å². The average Bonchev–Trinajstić information content (AvgIpc) is 2.56. The second kappa shape index (κ2) is 6.32. The van der Waals surface area contributed by atoms with Crippen molar-refractivity contribution in [3.05, 3.63) is 65.0 Å². The van der Waals surface area contributed by atoms with E-state index in [-0.39, 0.29) is 6.04 Å². The van der Waals surface area contributed by atoms with E-state index in [0.29, 0.717) is 0 Å². The van der Waals surface area contributed by atoms with Crippen LogP contribution < -0.4 is 10.6 Å². The van der Waals surface area contributed by atoms with Gasteiger partial charge >= 0.3 is 6.03 Å². The third kappa shape index (κ3) is 3.16. The average molecular weight is 320 g/mol. The number of hydrogen-bond donors (Lipinski definition) is 2. The minimum absolute atomic E-state index is 0.187. The summed E-state index contributed by atoms with van der Waals surface area (Å²) in [7, 11) is 0. The van der Waals surface area contributed by atoms with E-state index in [4.69, 9.17) is 0 Å². The van der Waals surface area contributed by atoms with Crippen LogP contribution >= 0.6 is 0 Å². The van der Waals surface area contributed by atoms with Gasteiger partial charge in [-0.15, -0.1) is 0 Å². The highest BCUT2D eigenvalue weighted by molar-refractivity contribution is 5.89. The molecule has 0 radical (unpaired) electrons. The Balaban J connectivity index is 1.73. The van der Waals surface area contributed by atoms with Gasteiger partial charge in [0.15, 0.2) is 17.5 Å². The molecule has 0 saturated carbocycles. The number of benzene rings is 2. The van der Waals surface area contributed by atoms with Gasteiger partial charge in [0, 0.05) is 0 Å². The molecule has 1 aliphatic carbocycles. The number of rotatable bonds is 2. The summed E-state index contributed by atoms with van der Waals surface area (Å²) in [5.74, 6) is -4.32. The molecule has 2 amide bonds. The van der Waals surface area contributed by atoms with Gasteiger partial charge in [-0.25, -0.2) is 18.0 Å². The molecule has 120 valence electrons. The van der Waals surface area contributed by atoms with E-state index < -0.39 is 29.2 Å². The number of halogens is 3. The van der Waals surface area contributed by atoms with E-state index in [1.165, 1.54) is 5.56 Å². The van der Waals surface area contributed by atoms with Crippen molar-refractivity contribution in [1.82, 2.24) is 5.32 Å². The molecule has 2 aromatic rings. The van der Waals surface area contributed by atoms with Crippen molar-refractivity contribution in [2.45, 2.75) is 25.3 Å². The predicted octanol–water partition coefficient (Wildman–Crippen LogP) is 4.30. The topological polar surface area (TPSA) is 41.1 Å². The Morgan fingerprint density at radius 3 is 2.65 bits per heavy atom. The summed E-state index contributed by atoms with van der Waals surface area (Å²) < 4.78 is 39.7. The maximum Gasteiger partial charge on any atom is 0.319 e. The van der Waals surface area contributed by atoms with Gasteiger partial charge in [-0.3, -0.25) is 0 Å². The summed E-state index contributed by atoms with van der Waals surface area (Å²) in [4.78, 5) is 12.0. The summed E-state index contributed by atoms with van der Waals surface area (Å²) in [5, 5.41) is 4.98. The van der Waals surface area contributed by atoms with E-state index in [1.807, 2.05) is 24.3 Å². The highest BCUT2D eigenvalue weighted by Gasteiger charge is 2.22. The first-order valence-electron chi connectivity index (χ1n) is 7.35. The molecule has 1 unspecified atom stereocenters. The van der Waals surface area contributed by atoms with E-state index in [9.17, 15) is 18.0 Å². The lowest BCUT2D eigenvalue weighted by Gasteiger charge is -2.26. The van der Waals surface area contributed by atoms with Crippen LogP contribution in [0.1, 0.15) is 30.0 Å². The van der Waals surface area contributed by atoms with E-state index >= 15 is 0 Å². The number of carbonyl (C=O) groups excluding carboxylic acids is 1. The third-order valence-electron chi connectivity index (χ3n) is 3.96. The minimum Gasteiger partial charge on any atom is -0.331 e. The zero-order chi connectivity index (χ0) is 16.4. The third-order valence-corrected chi connectivity index (χ3v) is 3.96. The largest absolute Gasteiger partial charge is 0.331 e. The molecular weight excluding hydrogens is 305 g/mol. The molecule has 1 atom stereocenters. The maximum absolute atomic E-state index is 13.6. The number of fused-ring (bicyclic) bond motifs is 1. The smallest absolute Gasteiger partial charge is 0.319 e. The molecule has 3 nitrogen and oxygen atoms in total. The number of carbonyl (C=O) groups is 1.